The molecule has 1 aliphatic carbocycles. The van der Waals surface area contributed by atoms with Crippen LogP contribution >= 0.6 is 0 Å². The molecule has 0 spiro atoms. The van der Waals surface area contributed by atoms with Crippen LogP contribution in [0.1, 0.15) is 30.9 Å². The fourth-order valence-electron chi connectivity index (χ4n) is 3.94. The minimum absolute atomic E-state index is 0.0702. The van der Waals surface area contributed by atoms with E-state index in [1.54, 1.807) is 0 Å². The number of rotatable bonds is 4. The molecular formula is C24H28N4O. The van der Waals surface area contributed by atoms with Gasteiger partial charge in [-0.1, -0.05) is 37.3 Å². The van der Waals surface area contributed by atoms with Crippen LogP contribution in [-0.2, 0) is 0 Å². The number of nitrogens with zero attached hydrogens (tertiary/aromatic N) is 2. The van der Waals surface area contributed by atoms with Gasteiger partial charge in [0.1, 0.15) is 0 Å². The Morgan fingerprint density at radius 3 is 2.83 bits per heavy atom. The molecule has 0 radical (unpaired) electrons. The largest absolute Gasteiger partial charge is 0.370 e. The van der Waals surface area contributed by atoms with E-state index in [2.05, 4.69) is 47.2 Å². The zero-order valence-electron chi connectivity index (χ0n) is 17.2. The maximum atomic E-state index is 12.7. The molecule has 0 saturated carbocycles. The van der Waals surface area contributed by atoms with Gasteiger partial charge in [0, 0.05) is 36.6 Å². The van der Waals surface area contributed by atoms with Crippen molar-refractivity contribution in [2.75, 3.05) is 31.1 Å². The van der Waals surface area contributed by atoms with Gasteiger partial charge in [-0.2, -0.15) is 0 Å². The number of fused-ring (bicyclic) bond motifs is 1. The number of aromatic amines is 1. The zero-order chi connectivity index (χ0) is 20.2. The smallest absolute Gasteiger partial charge is 0.258 e. The molecule has 0 bridgehead atoms. The van der Waals surface area contributed by atoms with E-state index in [1.807, 2.05) is 30.3 Å². The summed E-state index contributed by atoms with van der Waals surface area (Å²) in [4.78, 5) is 23.1. The Morgan fingerprint density at radius 2 is 1.97 bits per heavy atom. The number of nitrogens with one attached hydrogen (secondary N) is 2. The standard InChI is InChI=1S/C24H28N4O/c1-3-20(23-19-8-5-4-6-9-21(19)27-24(23)29)26-22-16-18(11-10-17(22)2)28-14-7-12-25-13-15-28/h4-6,8-11,16,25H,3,7,12-15H2,1-2H3,(H,27,29). The van der Waals surface area contributed by atoms with E-state index in [1.165, 1.54) is 5.69 Å². The minimum atomic E-state index is -0.0702. The molecule has 0 aromatic heterocycles. The van der Waals surface area contributed by atoms with Gasteiger partial charge in [-0.3, -0.25) is 9.79 Å². The van der Waals surface area contributed by atoms with E-state index >= 15 is 0 Å². The van der Waals surface area contributed by atoms with Crippen LogP contribution in [0.4, 0.5) is 11.4 Å². The van der Waals surface area contributed by atoms with E-state index in [-0.39, 0.29) is 5.56 Å². The fourth-order valence-corrected chi connectivity index (χ4v) is 3.94. The molecule has 1 aromatic rings. The molecule has 0 atom stereocenters. The lowest BCUT2D eigenvalue weighted by Crippen LogP contribution is -2.27. The Morgan fingerprint density at radius 1 is 1.10 bits per heavy atom. The third-order valence-corrected chi connectivity index (χ3v) is 5.56. The molecule has 0 unspecified atom stereocenters. The summed E-state index contributed by atoms with van der Waals surface area (Å²) in [5, 5.41) is 3.45. The minimum Gasteiger partial charge on any atom is -0.370 e. The van der Waals surface area contributed by atoms with Gasteiger partial charge in [0.05, 0.1) is 17.0 Å². The van der Waals surface area contributed by atoms with Crippen molar-refractivity contribution in [3.05, 3.63) is 70.0 Å². The van der Waals surface area contributed by atoms with Crippen molar-refractivity contribution < 1.29 is 0 Å². The maximum absolute atomic E-state index is 12.7. The summed E-state index contributed by atoms with van der Waals surface area (Å²) in [6.07, 6.45) is 1.83. The Hall–Kier alpha value is -2.92. The molecule has 5 nitrogen and oxygen atoms in total. The molecule has 3 aliphatic rings. The van der Waals surface area contributed by atoms with Crippen molar-refractivity contribution in [2.24, 2.45) is 4.99 Å². The van der Waals surface area contributed by atoms with Crippen LogP contribution in [0.25, 0.3) is 11.3 Å². The lowest BCUT2D eigenvalue weighted by molar-refractivity contribution is 0.724. The van der Waals surface area contributed by atoms with Gasteiger partial charge in [0.2, 0.25) is 0 Å². The number of aromatic nitrogens is 1. The topological polar surface area (TPSA) is 60.5 Å². The number of benzene rings is 1. The molecule has 2 N–H and O–H groups in total. The lowest BCUT2D eigenvalue weighted by Gasteiger charge is -2.23. The van der Waals surface area contributed by atoms with Gasteiger partial charge in [0.15, 0.2) is 0 Å². The Balaban J connectivity index is 1.76. The van der Waals surface area contributed by atoms with Crippen LogP contribution < -0.4 is 15.8 Å². The van der Waals surface area contributed by atoms with Crippen LogP contribution in [0, 0.1) is 6.92 Å². The van der Waals surface area contributed by atoms with Crippen molar-refractivity contribution in [1.29, 1.82) is 0 Å². The predicted octanol–water partition coefficient (Wildman–Crippen LogP) is 4.12. The molecule has 2 heterocycles. The second-order valence-electron chi connectivity index (χ2n) is 7.54. The quantitative estimate of drug-likeness (QED) is 0.661. The first-order valence-corrected chi connectivity index (χ1v) is 10.4. The van der Waals surface area contributed by atoms with Gasteiger partial charge < -0.3 is 15.2 Å². The second kappa shape index (κ2) is 8.62. The average molecular weight is 389 g/mol. The number of hydrogen-bond donors (Lipinski definition) is 2. The third-order valence-electron chi connectivity index (χ3n) is 5.56. The monoisotopic (exact) mass is 388 g/mol. The van der Waals surface area contributed by atoms with Crippen molar-refractivity contribution >= 4 is 17.1 Å². The van der Waals surface area contributed by atoms with Crippen molar-refractivity contribution in [2.45, 2.75) is 26.7 Å². The molecule has 2 aliphatic heterocycles. The third kappa shape index (κ3) is 4.10. The van der Waals surface area contributed by atoms with E-state index in [9.17, 15) is 4.79 Å². The highest BCUT2D eigenvalue weighted by atomic mass is 16.1. The molecular weight excluding hydrogens is 360 g/mol. The van der Waals surface area contributed by atoms with Crippen LogP contribution in [0.2, 0.25) is 0 Å². The molecule has 1 aromatic carbocycles. The van der Waals surface area contributed by atoms with Gasteiger partial charge in [-0.25, -0.2) is 0 Å². The van der Waals surface area contributed by atoms with E-state index < -0.39 is 0 Å². The summed E-state index contributed by atoms with van der Waals surface area (Å²) in [7, 11) is 0. The first kappa shape index (κ1) is 19.4. The molecule has 4 rings (SSSR count). The number of aliphatic imine (C=N–C) groups is 1. The zero-order valence-corrected chi connectivity index (χ0v) is 17.2. The normalized spacial score (nSPS) is 15.5. The summed E-state index contributed by atoms with van der Waals surface area (Å²) < 4.78 is 0. The SMILES string of the molecule is CCC(=Nc1cc(N2CCCNCC2)ccc1C)c1c2cccccc-2[nH]c1=O. The molecule has 1 saturated heterocycles. The first-order valence-electron chi connectivity index (χ1n) is 10.4. The van der Waals surface area contributed by atoms with Gasteiger partial charge in [0.25, 0.3) is 5.56 Å². The molecule has 150 valence electrons. The Labute approximate surface area is 171 Å². The van der Waals surface area contributed by atoms with Crippen LogP contribution in [-0.4, -0.2) is 36.9 Å². The maximum Gasteiger partial charge on any atom is 0.258 e. The highest BCUT2D eigenvalue weighted by molar-refractivity contribution is 6.07. The van der Waals surface area contributed by atoms with Gasteiger partial charge in [-0.05, 0) is 50.1 Å². The second-order valence-corrected chi connectivity index (χ2v) is 7.54. The van der Waals surface area contributed by atoms with Crippen molar-refractivity contribution in [3.63, 3.8) is 0 Å². The summed E-state index contributed by atoms with van der Waals surface area (Å²) in [5.74, 6) is 0. The highest BCUT2D eigenvalue weighted by Crippen LogP contribution is 2.29. The average Bonchev–Trinajstić information content (AvgIpc) is 2.96. The highest BCUT2D eigenvalue weighted by Gasteiger charge is 2.18. The number of hydrogen-bond acceptors (Lipinski definition) is 4. The Bertz CT molecular complexity index is 1040. The van der Waals surface area contributed by atoms with Gasteiger partial charge in [-0.15, -0.1) is 0 Å². The molecule has 0 amide bonds. The summed E-state index contributed by atoms with van der Waals surface area (Å²) in [5.41, 5.74) is 6.45. The number of anilines is 1. The van der Waals surface area contributed by atoms with Crippen molar-refractivity contribution in [1.82, 2.24) is 10.3 Å². The summed E-state index contributed by atoms with van der Waals surface area (Å²) >= 11 is 0. The van der Waals surface area contributed by atoms with E-state index in [4.69, 9.17) is 4.99 Å². The summed E-state index contributed by atoms with van der Waals surface area (Å²) in [6, 6.07) is 16.3. The van der Waals surface area contributed by atoms with Crippen LogP contribution in [0.15, 0.2) is 58.3 Å². The molecule has 5 heteroatoms. The lowest BCUT2D eigenvalue weighted by atomic mass is 10.0. The van der Waals surface area contributed by atoms with Crippen molar-refractivity contribution in [3.8, 4) is 11.3 Å². The Kier molecular flexibility index (Phi) is 5.76. The van der Waals surface area contributed by atoms with E-state index in [0.717, 1.165) is 60.8 Å². The summed E-state index contributed by atoms with van der Waals surface area (Å²) in [6.45, 7) is 8.24. The number of H-pyrrole nitrogens is 1. The number of aryl methyl sites for hydroxylation is 1. The molecule has 1 fully saturated rings. The van der Waals surface area contributed by atoms with E-state index in [0.29, 0.717) is 12.0 Å². The molecule has 29 heavy (non-hydrogen) atoms. The fraction of sp³-hybridized carbons (Fsp3) is 0.333. The predicted molar refractivity (Wildman–Crippen MR) is 121 cm³/mol. The van der Waals surface area contributed by atoms with Crippen LogP contribution in [0.3, 0.4) is 0 Å². The van der Waals surface area contributed by atoms with Gasteiger partial charge >= 0.3 is 0 Å². The van der Waals surface area contributed by atoms with Crippen LogP contribution in [0.5, 0.6) is 0 Å². The first-order chi connectivity index (χ1) is 14.2.